The molecule has 0 bridgehead atoms. The second-order valence-electron chi connectivity index (χ2n) is 4.99. The molecule has 2 rings (SSSR count). The molecule has 0 amide bonds. The number of allylic oxidation sites excluding steroid dienone is 2. The lowest BCUT2D eigenvalue weighted by Gasteiger charge is -2.29. The first-order chi connectivity index (χ1) is 9.60. The van der Waals surface area contributed by atoms with Crippen LogP contribution in [0.4, 0.5) is 5.69 Å². The number of para-hydroxylation sites is 1. The van der Waals surface area contributed by atoms with Crippen LogP contribution in [0, 0.1) is 16.0 Å². The van der Waals surface area contributed by atoms with Gasteiger partial charge in [0, 0.05) is 23.5 Å². The fourth-order valence-corrected chi connectivity index (χ4v) is 2.83. The van der Waals surface area contributed by atoms with Gasteiger partial charge in [-0.3, -0.25) is 14.9 Å². The zero-order chi connectivity index (χ0) is 14.7. The highest BCUT2D eigenvalue weighted by molar-refractivity contribution is 5.80. The smallest absolute Gasteiger partial charge is 0.273 e. The Bertz CT molecular complexity index is 591. The summed E-state index contributed by atoms with van der Waals surface area (Å²) in [4.78, 5) is 33.3. The zero-order valence-corrected chi connectivity index (χ0v) is 11.1. The van der Waals surface area contributed by atoms with Crippen LogP contribution in [0.5, 0.6) is 0 Å². The van der Waals surface area contributed by atoms with Crippen molar-refractivity contribution in [3.05, 3.63) is 51.1 Å². The van der Waals surface area contributed by atoms with Crippen LogP contribution in [0.1, 0.15) is 31.2 Å². The number of nitro benzene ring substituents is 1. The molecule has 5 nitrogen and oxygen atoms in total. The molecule has 20 heavy (non-hydrogen) atoms. The molecule has 104 valence electrons. The highest BCUT2D eigenvalue weighted by Gasteiger charge is 2.35. The summed E-state index contributed by atoms with van der Waals surface area (Å²) in [5.74, 6) is -0.902. The van der Waals surface area contributed by atoms with E-state index in [1.54, 1.807) is 18.2 Å². The molecule has 1 aliphatic rings. The molecule has 0 heterocycles. The Hall–Kier alpha value is -2.30. The number of nitro groups is 1. The van der Waals surface area contributed by atoms with Gasteiger partial charge in [0.1, 0.15) is 12.6 Å². The number of hydrogen-bond donors (Lipinski definition) is 0. The van der Waals surface area contributed by atoms with Crippen molar-refractivity contribution in [3.63, 3.8) is 0 Å². The summed E-state index contributed by atoms with van der Waals surface area (Å²) in [6.45, 7) is 1.84. The van der Waals surface area contributed by atoms with Crippen molar-refractivity contribution in [2.24, 2.45) is 5.92 Å². The van der Waals surface area contributed by atoms with Crippen LogP contribution in [-0.2, 0) is 9.59 Å². The average molecular weight is 273 g/mol. The van der Waals surface area contributed by atoms with Gasteiger partial charge >= 0.3 is 0 Å². The van der Waals surface area contributed by atoms with Crippen molar-refractivity contribution in [2.45, 2.75) is 25.7 Å². The fraction of sp³-hybridized carbons (Fsp3) is 0.333. The topological polar surface area (TPSA) is 77.3 Å². The highest BCUT2D eigenvalue weighted by Crippen LogP contribution is 2.42. The van der Waals surface area contributed by atoms with Gasteiger partial charge in [-0.2, -0.15) is 0 Å². The van der Waals surface area contributed by atoms with Crippen LogP contribution in [0.15, 0.2) is 35.4 Å². The molecule has 0 aromatic heterocycles. The monoisotopic (exact) mass is 273 g/mol. The quantitative estimate of drug-likeness (QED) is 0.480. The van der Waals surface area contributed by atoms with Crippen LogP contribution in [-0.4, -0.2) is 17.5 Å². The summed E-state index contributed by atoms with van der Waals surface area (Å²) in [5.41, 5.74) is 1.80. The van der Waals surface area contributed by atoms with Crippen LogP contribution < -0.4 is 0 Å². The number of benzene rings is 1. The molecular formula is C15H15NO4. The maximum Gasteiger partial charge on any atom is 0.273 e. The molecule has 2 atom stereocenters. The lowest BCUT2D eigenvalue weighted by Crippen LogP contribution is -2.23. The van der Waals surface area contributed by atoms with Crippen LogP contribution >= 0.6 is 0 Å². The molecule has 0 radical (unpaired) electrons. The Kier molecular flexibility index (Phi) is 4.08. The lowest BCUT2D eigenvalue weighted by atomic mass is 9.72. The molecule has 1 aromatic rings. The summed E-state index contributed by atoms with van der Waals surface area (Å²) in [6, 6.07) is 6.30. The van der Waals surface area contributed by atoms with E-state index < -0.39 is 10.8 Å². The van der Waals surface area contributed by atoms with Gasteiger partial charge in [0.25, 0.3) is 5.69 Å². The van der Waals surface area contributed by atoms with Crippen LogP contribution in [0.3, 0.4) is 0 Å². The molecular weight excluding hydrogens is 258 g/mol. The van der Waals surface area contributed by atoms with Gasteiger partial charge in [0.05, 0.1) is 4.92 Å². The summed E-state index contributed by atoms with van der Waals surface area (Å²) in [7, 11) is 0. The Balaban J connectivity index is 2.62. The highest BCUT2D eigenvalue weighted by atomic mass is 16.6. The first-order valence-electron chi connectivity index (χ1n) is 6.43. The predicted octanol–water partition coefficient (Wildman–Crippen LogP) is 2.80. The Morgan fingerprint density at radius 1 is 1.30 bits per heavy atom. The molecule has 0 saturated carbocycles. The number of carbonyl (C=O) groups is 2. The minimum atomic E-state index is -0.514. The van der Waals surface area contributed by atoms with Crippen molar-refractivity contribution >= 4 is 18.3 Å². The number of rotatable bonds is 4. The van der Waals surface area contributed by atoms with E-state index in [1.165, 1.54) is 6.07 Å². The first kappa shape index (κ1) is 14.1. The molecule has 5 heteroatoms. The summed E-state index contributed by atoms with van der Waals surface area (Å²) in [5, 5.41) is 11.1. The van der Waals surface area contributed by atoms with E-state index in [2.05, 4.69) is 0 Å². The molecule has 0 spiro atoms. The maximum atomic E-state index is 11.4. The Morgan fingerprint density at radius 3 is 2.60 bits per heavy atom. The third kappa shape index (κ3) is 2.39. The van der Waals surface area contributed by atoms with E-state index in [-0.39, 0.29) is 11.6 Å². The van der Waals surface area contributed by atoms with E-state index in [1.807, 2.05) is 6.92 Å². The first-order valence-corrected chi connectivity index (χ1v) is 6.43. The summed E-state index contributed by atoms with van der Waals surface area (Å²) in [6.07, 6.45) is 2.82. The Labute approximate surface area is 116 Å². The summed E-state index contributed by atoms with van der Waals surface area (Å²) < 4.78 is 0. The molecule has 1 aliphatic carbocycles. The van der Waals surface area contributed by atoms with Crippen molar-refractivity contribution in [2.75, 3.05) is 0 Å². The van der Waals surface area contributed by atoms with E-state index >= 15 is 0 Å². The normalized spacial score (nSPS) is 22.4. The van der Waals surface area contributed by atoms with E-state index in [9.17, 15) is 19.7 Å². The van der Waals surface area contributed by atoms with Gasteiger partial charge in [-0.25, -0.2) is 0 Å². The van der Waals surface area contributed by atoms with Gasteiger partial charge in [0.15, 0.2) is 0 Å². The van der Waals surface area contributed by atoms with Crippen molar-refractivity contribution < 1.29 is 14.5 Å². The fourth-order valence-electron chi connectivity index (χ4n) is 2.83. The average Bonchev–Trinajstić information content (AvgIpc) is 2.46. The van der Waals surface area contributed by atoms with E-state index in [0.29, 0.717) is 24.0 Å². The zero-order valence-electron chi connectivity index (χ0n) is 11.1. The standard InChI is InChI=1S/C15H15NO4/c1-10-6-7-11(8-17)15(13(10)9-18)12-4-2-3-5-14(12)16(19)20/h2-5,8-9,11,15H,6-7H2,1H3/t11-,15+/m0/s1. The molecule has 0 saturated heterocycles. The van der Waals surface area contributed by atoms with E-state index in [4.69, 9.17) is 0 Å². The number of carbonyl (C=O) groups excluding carboxylic acids is 2. The maximum absolute atomic E-state index is 11.4. The van der Waals surface area contributed by atoms with Crippen LogP contribution in [0.25, 0.3) is 0 Å². The largest absolute Gasteiger partial charge is 0.303 e. The van der Waals surface area contributed by atoms with Crippen LogP contribution in [0.2, 0.25) is 0 Å². The molecule has 0 aliphatic heterocycles. The minimum absolute atomic E-state index is 0.0431. The Morgan fingerprint density at radius 2 is 2.00 bits per heavy atom. The van der Waals surface area contributed by atoms with Crippen molar-refractivity contribution in [3.8, 4) is 0 Å². The van der Waals surface area contributed by atoms with Gasteiger partial charge in [0.2, 0.25) is 0 Å². The molecule has 0 fully saturated rings. The van der Waals surface area contributed by atoms with Crippen molar-refractivity contribution in [1.29, 1.82) is 0 Å². The molecule has 0 unspecified atom stereocenters. The third-order valence-corrected chi connectivity index (χ3v) is 3.88. The van der Waals surface area contributed by atoms with E-state index in [0.717, 1.165) is 18.1 Å². The van der Waals surface area contributed by atoms with Gasteiger partial charge in [-0.05, 0) is 25.3 Å². The second-order valence-corrected chi connectivity index (χ2v) is 4.99. The van der Waals surface area contributed by atoms with Gasteiger partial charge < -0.3 is 4.79 Å². The number of aldehydes is 2. The second kappa shape index (κ2) is 5.77. The molecule has 0 N–H and O–H groups in total. The van der Waals surface area contributed by atoms with Gasteiger partial charge in [-0.1, -0.05) is 23.8 Å². The predicted molar refractivity (Wildman–Crippen MR) is 73.4 cm³/mol. The third-order valence-electron chi connectivity index (χ3n) is 3.88. The van der Waals surface area contributed by atoms with Gasteiger partial charge in [-0.15, -0.1) is 0 Å². The lowest BCUT2D eigenvalue weighted by molar-refractivity contribution is -0.385. The number of hydrogen-bond acceptors (Lipinski definition) is 4. The summed E-state index contributed by atoms with van der Waals surface area (Å²) >= 11 is 0. The molecule has 1 aromatic carbocycles. The SMILES string of the molecule is CC1=C(C=O)[C@@H](c2ccccc2[N+](=O)[O-])[C@H](C=O)CC1. The van der Waals surface area contributed by atoms with Crippen molar-refractivity contribution in [1.82, 2.24) is 0 Å². The number of nitrogens with zero attached hydrogens (tertiary/aromatic N) is 1. The minimum Gasteiger partial charge on any atom is -0.303 e.